The predicted molar refractivity (Wildman–Crippen MR) is 98.7 cm³/mol. The third kappa shape index (κ3) is 9.24. The fourth-order valence-corrected chi connectivity index (χ4v) is 1.95. The van der Waals surface area contributed by atoms with E-state index in [0.717, 1.165) is 12.5 Å². The van der Waals surface area contributed by atoms with Gasteiger partial charge in [-0.05, 0) is 59.6 Å². The SMILES string of the molecule is CCNC(=NCc1cccc(COC(C)(C)C)c1)NC(C)(C)C. The molecule has 4 nitrogen and oxygen atoms in total. The average Bonchev–Trinajstić information content (AvgIpc) is 2.41. The van der Waals surface area contributed by atoms with Gasteiger partial charge in [-0.3, -0.25) is 0 Å². The molecule has 0 atom stereocenters. The number of nitrogens with zero attached hydrogens (tertiary/aromatic N) is 1. The molecule has 0 aliphatic carbocycles. The van der Waals surface area contributed by atoms with E-state index in [1.807, 2.05) is 0 Å². The highest BCUT2D eigenvalue weighted by molar-refractivity contribution is 5.80. The number of benzene rings is 1. The van der Waals surface area contributed by atoms with Crippen molar-refractivity contribution < 1.29 is 4.74 Å². The first kappa shape index (κ1) is 19.5. The van der Waals surface area contributed by atoms with E-state index in [0.29, 0.717) is 13.2 Å². The summed E-state index contributed by atoms with van der Waals surface area (Å²) in [6.07, 6.45) is 0. The molecule has 130 valence electrons. The number of rotatable bonds is 5. The average molecular weight is 319 g/mol. The zero-order valence-electron chi connectivity index (χ0n) is 15.8. The Morgan fingerprint density at radius 3 is 2.30 bits per heavy atom. The molecule has 0 aliphatic rings. The van der Waals surface area contributed by atoms with Gasteiger partial charge in [0.2, 0.25) is 0 Å². The molecule has 0 saturated heterocycles. The van der Waals surface area contributed by atoms with Crippen LogP contribution in [0.3, 0.4) is 0 Å². The molecule has 0 aromatic heterocycles. The van der Waals surface area contributed by atoms with Gasteiger partial charge < -0.3 is 15.4 Å². The lowest BCUT2D eigenvalue weighted by atomic mass is 10.1. The summed E-state index contributed by atoms with van der Waals surface area (Å²) in [6, 6.07) is 8.43. The van der Waals surface area contributed by atoms with Crippen molar-refractivity contribution in [2.24, 2.45) is 4.99 Å². The molecule has 0 amide bonds. The lowest BCUT2D eigenvalue weighted by Crippen LogP contribution is -2.47. The Labute approximate surface area is 141 Å². The first-order chi connectivity index (χ1) is 10.6. The van der Waals surface area contributed by atoms with Crippen LogP contribution < -0.4 is 10.6 Å². The largest absolute Gasteiger partial charge is 0.371 e. The molecule has 0 unspecified atom stereocenters. The highest BCUT2D eigenvalue weighted by Gasteiger charge is 2.12. The topological polar surface area (TPSA) is 45.7 Å². The van der Waals surface area contributed by atoms with E-state index in [2.05, 4.69) is 88.4 Å². The van der Waals surface area contributed by atoms with Crippen LogP contribution in [-0.2, 0) is 17.9 Å². The van der Waals surface area contributed by atoms with Gasteiger partial charge in [0.15, 0.2) is 5.96 Å². The summed E-state index contributed by atoms with van der Waals surface area (Å²) in [5.41, 5.74) is 2.24. The van der Waals surface area contributed by atoms with Crippen LogP contribution in [-0.4, -0.2) is 23.6 Å². The minimum Gasteiger partial charge on any atom is -0.371 e. The maximum atomic E-state index is 5.84. The van der Waals surface area contributed by atoms with Gasteiger partial charge in [0.05, 0.1) is 18.8 Å². The fraction of sp³-hybridized carbons (Fsp3) is 0.632. The van der Waals surface area contributed by atoms with Gasteiger partial charge >= 0.3 is 0 Å². The molecule has 23 heavy (non-hydrogen) atoms. The lowest BCUT2D eigenvalue weighted by molar-refractivity contribution is -0.0149. The van der Waals surface area contributed by atoms with Crippen LogP contribution in [0.5, 0.6) is 0 Å². The molecular weight excluding hydrogens is 286 g/mol. The summed E-state index contributed by atoms with van der Waals surface area (Å²) >= 11 is 0. The molecule has 1 aromatic rings. The van der Waals surface area contributed by atoms with Gasteiger partial charge in [0.1, 0.15) is 0 Å². The van der Waals surface area contributed by atoms with E-state index in [1.165, 1.54) is 11.1 Å². The van der Waals surface area contributed by atoms with Crippen LogP contribution in [0.4, 0.5) is 0 Å². The van der Waals surface area contributed by atoms with Crippen molar-refractivity contribution in [2.45, 2.75) is 72.8 Å². The van der Waals surface area contributed by atoms with Crippen molar-refractivity contribution in [1.82, 2.24) is 10.6 Å². The zero-order chi connectivity index (χ0) is 17.5. The fourth-order valence-electron chi connectivity index (χ4n) is 1.95. The molecule has 0 bridgehead atoms. The molecule has 2 N–H and O–H groups in total. The second-order valence-corrected chi connectivity index (χ2v) is 7.79. The monoisotopic (exact) mass is 319 g/mol. The maximum absolute atomic E-state index is 5.84. The third-order valence-electron chi connectivity index (χ3n) is 2.92. The summed E-state index contributed by atoms with van der Waals surface area (Å²) in [6.45, 7) is 16.8. The summed E-state index contributed by atoms with van der Waals surface area (Å²) in [5.74, 6) is 0.844. The molecule has 0 saturated carbocycles. The molecule has 0 fully saturated rings. The highest BCUT2D eigenvalue weighted by atomic mass is 16.5. The van der Waals surface area contributed by atoms with Gasteiger partial charge in [-0.1, -0.05) is 24.3 Å². The van der Waals surface area contributed by atoms with Crippen molar-refractivity contribution in [3.05, 3.63) is 35.4 Å². The Balaban J connectivity index is 2.73. The molecule has 1 rings (SSSR count). The lowest BCUT2D eigenvalue weighted by Gasteiger charge is -2.23. The van der Waals surface area contributed by atoms with E-state index >= 15 is 0 Å². The molecule has 0 aliphatic heterocycles. The van der Waals surface area contributed by atoms with Gasteiger partial charge in [-0.25, -0.2) is 4.99 Å². The van der Waals surface area contributed by atoms with Crippen LogP contribution in [0, 0.1) is 0 Å². The van der Waals surface area contributed by atoms with Crippen LogP contribution in [0.15, 0.2) is 29.3 Å². The second-order valence-electron chi connectivity index (χ2n) is 7.79. The molecule has 0 heterocycles. The molecular formula is C19H33N3O. The van der Waals surface area contributed by atoms with Gasteiger partial charge in [-0.15, -0.1) is 0 Å². The van der Waals surface area contributed by atoms with E-state index in [9.17, 15) is 0 Å². The Kier molecular flexibility index (Phi) is 7.07. The van der Waals surface area contributed by atoms with E-state index < -0.39 is 0 Å². The Bertz CT molecular complexity index is 510. The first-order valence-electron chi connectivity index (χ1n) is 8.37. The van der Waals surface area contributed by atoms with Crippen LogP contribution in [0.25, 0.3) is 0 Å². The van der Waals surface area contributed by atoms with Crippen molar-refractivity contribution in [2.75, 3.05) is 6.54 Å². The van der Waals surface area contributed by atoms with Crippen molar-refractivity contribution in [3.63, 3.8) is 0 Å². The van der Waals surface area contributed by atoms with E-state index in [1.54, 1.807) is 0 Å². The highest BCUT2D eigenvalue weighted by Crippen LogP contribution is 2.13. The normalized spacial score (nSPS) is 13.1. The number of hydrogen-bond donors (Lipinski definition) is 2. The quantitative estimate of drug-likeness (QED) is 0.640. The van der Waals surface area contributed by atoms with Gasteiger partial charge in [0.25, 0.3) is 0 Å². The van der Waals surface area contributed by atoms with Crippen LogP contribution in [0.2, 0.25) is 0 Å². The van der Waals surface area contributed by atoms with Crippen molar-refractivity contribution in [1.29, 1.82) is 0 Å². The number of nitrogens with one attached hydrogen (secondary N) is 2. The summed E-state index contributed by atoms with van der Waals surface area (Å²) in [5, 5.41) is 6.68. The zero-order valence-corrected chi connectivity index (χ0v) is 15.8. The summed E-state index contributed by atoms with van der Waals surface area (Å²) < 4.78 is 5.84. The molecule has 1 aromatic carbocycles. The Morgan fingerprint density at radius 1 is 1.09 bits per heavy atom. The number of guanidine groups is 1. The number of aliphatic imine (C=N–C) groups is 1. The van der Waals surface area contributed by atoms with Crippen LogP contribution >= 0.6 is 0 Å². The minimum atomic E-state index is -0.122. The van der Waals surface area contributed by atoms with Crippen LogP contribution in [0.1, 0.15) is 59.6 Å². The minimum absolute atomic E-state index is 0.0105. The van der Waals surface area contributed by atoms with Gasteiger partial charge in [0, 0.05) is 12.1 Å². The van der Waals surface area contributed by atoms with Gasteiger partial charge in [-0.2, -0.15) is 0 Å². The summed E-state index contributed by atoms with van der Waals surface area (Å²) in [4.78, 5) is 4.67. The van der Waals surface area contributed by atoms with Crippen molar-refractivity contribution >= 4 is 5.96 Å². The number of ether oxygens (including phenoxy) is 1. The smallest absolute Gasteiger partial charge is 0.191 e. The van der Waals surface area contributed by atoms with Crippen molar-refractivity contribution in [3.8, 4) is 0 Å². The predicted octanol–water partition coefficient (Wildman–Crippen LogP) is 3.86. The summed E-state index contributed by atoms with van der Waals surface area (Å²) in [7, 11) is 0. The molecule has 0 spiro atoms. The number of hydrogen-bond acceptors (Lipinski definition) is 2. The van der Waals surface area contributed by atoms with E-state index in [4.69, 9.17) is 4.74 Å². The maximum Gasteiger partial charge on any atom is 0.191 e. The standard InChI is InChI=1S/C19H33N3O/c1-8-20-17(22-18(2,3)4)21-13-15-10-9-11-16(12-15)14-23-19(5,6)7/h9-12H,8,13-14H2,1-7H3,(H2,20,21,22). The van der Waals surface area contributed by atoms with E-state index in [-0.39, 0.29) is 11.1 Å². The Hall–Kier alpha value is -1.55. The first-order valence-corrected chi connectivity index (χ1v) is 8.37. The third-order valence-corrected chi connectivity index (χ3v) is 2.92. The molecule has 0 radical (unpaired) electrons. The molecule has 4 heteroatoms. The second kappa shape index (κ2) is 8.34. The Morgan fingerprint density at radius 2 is 1.74 bits per heavy atom.